The van der Waals surface area contributed by atoms with E-state index in [2.05, 4.69) is 12.1 Å². The second-order valence-corrected chi connectivity index (χ2v) is 5.98. The summed E-state index contributed by atoms with van der Waals surface area (Å²) in [6.45, 7) is 3.18. The van der Waals surface area contributed by atoms with Crippen molar-refractivity contribution in [3.05, 3.63) is 60.2 Å². The molecule has 0 radical (unpaired) electrons. The molecule has 2 aromatic carbocycles. The topological polar surface area (TPSA) is 40.5 Å². The molecular weight excluding hydrogens is 274 g/mol. The molecule has 3 rings (SSSR count). The summed E-state index contributed by atoms with van der Waals surface area (Å²) in [7, 11) is 0. The van der Waals surface area contributed by atoms with Gasteiger partial charge in [0.2, 0.25) is 0 Å². The lowest BCUT2D eigenvalue weighted by molar-refractivity contribution is 0.0762. The Morgan fingerprint density at radius 3 is 2.32 bits per heavy atom. The van der Waals surface area contributed by atoms with E-state index in [9.17, 15) is 9.90 Å². The lowest BCUT2D eigenvalue weighted by Gasteiger charge is -2.18. The van der Waals surface area contributed by atoms with Crippen molar-refractivity contribution in [1.82, 2.24) is 4.90 Å². The maximum Gasteiger partial charge on any atom is 0.253 e. The number of aliphatic hydroxyl groups is 1. The van der Waals surface area contributed by atoms with Crippen LogP contribution in [-0.2, 0) is 0 Å². The van der Waals surface area contributed by atoms with Crippen molar-refractivity contribution in [2.24, 2.45) is 5.92 Å². The van der Waals surface area contributed by atoms with Crippen LogP contribution in [0.15, 0.2) is 54.6 Å². The number of carbonyl (C=O) groups excluding carboxylic acids is 1. The van der Waals surface area contributed by atoms with Gasteiger partial charge >= 0.3 is 0 Å². The molecule has 1 aliphatic rings. The third-order valence-corrected chi connectivity index (χ3v) is 4.43. The van der Waals surface area contributed by atoms with E-state index in [0.717, 1.165) is 24.1 Å². The van der Waals surface area contributed by atoms with Gasteiger partial charge in [-0.05, 0) is 36.6 Å². The average Bonchev–Trinajstić information content (AvgIpc) is 3.05. The van der Waals surface area contributed by atoms with Gasteiger partial charge in [-0.2, -0.15) is 0 Å². The molecule has 1 N–H and O–H groups in total. The van der Waals surface area contributed by atoms with Gasteiger partial charge in [-0.3, -0.25) is 4.79 Å². The van der Waals surface area contributed by atoms with Crippen LogP contribution in [0.1, 0.15) is 23.7 Å². The number of nitrogens with zero attached hydrogens (tertiary/aromatic N) is 1. The minimum atomic E-state index is -0.349. The van der Waals surface area contributed by atoms with Gasteiger partial charge in [-0.25, -0.2) is 0 Å². The molecule has 0 aromatic heterocycles. The fourth-order valence-electron chi connectivity index (χ4n) is 2.98. The fraction of sp³-hybridized carbons (Fsp3) is 0.316. The maximum atomic E-state index is 12.5. The molecule has 3 heteroatoms. The minimum absolute atomic E-state index is 0.0581. The van der Waals surface area contributed by atoms with Crippen LogP contribution in [0.5, 0.6) is 0 Å². The molecule has 1 aliphatic heterocycles. The molecule has 0 aliphatic carbocycles. The first-order chi connectivity index (χ1) is 10.6. The van der Waals surface area contributed by atoms with Crippen molar-refractivity contribution in [2.45, 2.75) is 19.4 Å². The summed E-state index contributed by atoms with van der Waals surface area (Å²) in [5, 5.41) is 9.65. The highest BCUT2D eigenvalue weighted by atomic mass is 16.3. The van der Waals surface area contributed by atoms with Crippen molar-refractivity contribution in [3.8, 4) is 11.1 Å². The van der Waals surface area contributed by atoms with Gasteiger partial charge in [0.1, 0.15) is 0 Å². The molecule has 2 atom stereocenters. The summed E-state index contributed by atoms with van der Waals surface area (Å²) in [6.07, 6.45) is 0.532. The number of benzene rings is 2. The summed E-state index contributed by atoms with van der Waals surface area (Å²) in [4.78, 5) is 14.3. The highest BCUT2D eigenvalue weighted by Gasteiger charge is 2.29. The Morgan fingerprint density at radius 1 is 1.09 bits per heavy atom. The summed E-state index contributed by atoms with van der Waals surface area (Å²) in [6, 6.07) is 17.9. The molecule has 1 amide bonds. The number of amides is 1. The van der Waals surface area contributed by atoms with Gasteiger partial charge in [-0.1, -0.05) is 42.5 Å². The molecule has 0 spiro atoms. The summed E-state index contributed by atoms with van der Waals surface area (Å²) >= 11 is 0. The first-order valence-electron chi connectivity index (χ1n) is 7.78. The molecule has 1 fully saturated rings. The highest BCUT2D eigenvalue weighted by molar-refractivity contribution is 5.94. The third-order valence-electron chi connectivity index (χ3n) is 4.43. The lowest BCUT2D eigenvalue weighted by Crippen LogP contribution is -2.30. The summed E-state index contributed by atoms with van der Waals surface area (Å²) in [5.41, 5.74) is 2.98. The molecule has 114 valence electrons. The Labute approximate surface area is 131 Å². The zero-order valence-corrected chi connectivity index (χ0v) is 12.8. The Kier molecular flexibility index (Phi) is 4.25. The molecule has 22 heavy (non-hydrogen) atoms. The number of rotatable bonds is 3. The van der Waals surface area contributed by atoms with Crippen molar-refractivity contribution in [1.29, 1.82) is 0 Å². The fourth-order valence-corrected chi connectivity index (χ4v) is 2.98. The van der Waals surface area contributed by atoms with E-state index in [1.165, 1.54) is 0 Å². The van der Waals surface area contributed by atoms with Crippen molar-refractivity contribution < 1.29 is 9.90 Å². The van der Waals surface area contributed by atoms with E-state index < -0.39 is 0 Å². The average molecular weight is 295 g/mol. The van der Waals surface area contributed by atoms with Gasteiger partial charge in [0, 0.05) is 24.6 Å². The zero-order valence-electron chi connectivity index (χ0n) is 12.8. The van der Waals surface area contributed by atoms with Crippen molar-refractivity contribution in [3.63, 3.8) is 0 Å². The Bertz CT molecular complexity index is 634. The van der Waals surface area contributed by atoms with Crippen molar-refractivity contribution >= 4 is 5.91 Å². The van der Waals surface area contributed by atoms with Gasteiger partial charge < -0.3 is 10.0 Å². The van der Waals surface area contributed by atoms with Crippen LogP contribution >= 0.6 is 0 Å². The van der Waals surface area contributed by atoms with Gasteiger partial charge in [-0.15, -0.1) is 0 Å². The van der Waals surface area contributed by atoms with Crippen LogP contribution in [0.4, 0.5) is 0 Å². The van der Waals surface area contributed by atoms with Crippen molar-refractivity contribution in [2.75, 3.05) is 13.1 Å². The smallest absolute Gasteiger partial charge is 0.253 e. The Balaban J connectivity index is 1.72. The molecule has 2 unspecified atom stereocenters. The first kappa shape index (κ1) is 14.8. The summed E-state index contributed by atoms with van der Waals surface area (Å²) < 4.78 is 0. The second kappa shape index (κ2) is 6.32. The van der Waals surface area contributed by atoms with Crippen LogP contribution < -0.4 is 0 Å². The molecule has 0 bridgehead atoms. The molecule has 1 saturated heterocycles. The van der Waals surface area contributed by atoms with Gasteiger partial charge in [0.15, 0.2) is 0 Å². The molecule has 3 nitrogen and oxygen atoms in total. The second-order valence-electron chi connectivity index (χ2n) is 5.98. The first-order valence-corrected chi connectivity index (χ1v) is 7.78. The molecular formula is C19H21NO2. The molecule has 0 saturated carbocycles. The monoisotopic (exact) mass is 295 g/mol. The van der Waals surface area contributed by atoms with Crippen LogP contribution in [0.3, 0.4) is 0 Å². The van der Waals surface area contributed by atoms with Crippen LogP contribution in [0.25, 0.3) is 11.1 Å². The number of hydrogen-bond donors (Lipinski definition) is 1. The van der Waals surface area contributed by atoms with E-state index in [-0.39, 0.29) is 17.9 Å². The van der Waals surface area contributed by atoms with Gasteiger partial charge in [0.25, 0.3) is 5.91 Å². The van der Waals surface area contributed by atoms with E-state index in [0.29, 0.717) is 12.1 Å². The molecule has 2 aromatic rings. The standard InChI is InChI=1S/C19H21NO2/c1-14(21)18-11-12-20(13-18)19(22)17-9-7-16(8-10-17)15-5-3-2-4-6-15/h2-10,14,18,21H,11-13H2,1H3. The quantitative estimate of drug-likeness (QED) is 0.944. The predicted octanol–water partition coefficient (Wildman–Crippen LogP) is 3.20. The SMILES string of the molecule is CC(O)C1CCN(C(=O)c2ccc(-c3ccccc3)cc2)C1. The van der Waals surface area contributed by atoms with E-state index in [4.69, 9.17) is 0 Å². The number of hydrogen-bond acceptors (Lipinski definition) is 2. The highest BCUT2D eigenvalue weighted by Crippen LogP contribution is 2.23. The number of carbonyl (C=O) groups is 1. The maximum absolute atomic E-state index is 12.5. The zero-order chi connectivity index (χ0) is 15.5. The van der Waals surface area contributed by atoms with Gasteiger partial charge in [0.05, 0.1) is 6.10 Å². The Hall–Kier alpha value is -2.13. The predicted molar refractivity (Wildman–Crippen MR) is 87.6 cm³/mol. The summed E-state index contributed by atoms with van der Waals surface area (Å²) in [5.74, 6) is 0.260. The molecule has 1 heterocycles. The van der Waals surface area contributed by atoms with E-state index in [1.807, 2.05) is 47.4 Å². The van der Waals surface area contributed by atoms with E-state index >= 15 is 0 Å². The third kappa shape index (κ3) is 3.04. The lowest BCUT2D eigenvalue weighted by atomic mass is 10.0. The van der Waals surface area contributed by atoms with Crippen LogP contribution in [-0.4, -0.2) is 35.1 Å². The largest absolute Gasteiger partial charge is 0.393 e. The normalized spacial score (nSPS) is 19.2. The number of aliphatic hydroxyl groups excluding tert-OH is 1. The Morgan fingerprint density at radius 2 is 1.73 bits per heavy atom. The van der Waals surface area contributed by atoms with Crippen LogP contribution in [0.2, 0.25) is 0 Å². The minimum Gasteiger partial charge on any atom is -0.393 e. The van der Waals surface area contributed by atoms with Crippen LogP contribution in [0, 0.1) is 5.92 Å². The van der Waals surface area contributed by atoms with E-state index in [1.54, 1.807) is 6.92 Å². The number of likely N-dealkylation sites (tertiary alicyclic amines) is 1.